The Hall–Kier alpha value is -3.40. The number of carbonyl (C=O) groups excluding carboxylic acids is 1. The van der Waals surface area contributed by atoms with Gasteiger partial charge in [0.1, 0.15) is 11.5 Å². The van der Waals surface area contributed by atoms with Crippen LogP contribution >= 0.6 is 0 Å². The molecule has 1 aliphatic heterocycles. The Morgan fingerprint density at radius 3 is 2.44 bits per heavy atom. The third-order valence-electron chi connectivity index (χ3n) is 5.88. The first kappa shape index (κ1) is 20.5. The van der Waals surface area contributed by atoms with Crippen molar-refractivity contribution >= 4 is 27.7 Å². The maximum Gasteiger partial charge on any atom is 0.410 e. The molecule has 0 atom stereocenters. The molecule has 1 aliphatic carbocycles. The SMILES string of the molecule is O=C(Nc1ccn(-c2ccccc2F)n1)C1CCC(N2c3ccccc3OS2(=O)=O)CC1. The van der Waals surface area contributed by atoms with E-state index in [1.807, 2.05) is 0 Å². The van der Waals surface area contributed by atoms with E-state index >= 15 is 0 Å². The summed E-state index contributed by atoms with van der Waals surface area (Å²) < 4.78 is 46.8. The molecule has 2 aliphatic rings. The molecule has 1 aromatic heterocycles. The summed E-state index contributed by atoms with van der Waals surface area (Å²) in [6, 6.07) is 14.5. The van der Waals surface area contributed by atoms with Gasteiger partial charge in [0.25, 0.3) is 0 Å². The summed E-state index contributed by atoms with van der Waals surface area (Å²) in [7, 11) is -3.87. The highest BCUT2D eigenvalue weighted by atomic mass is 32.2. The minimum atomic E-state index is -3.87. The summed E-state index contributed by atoms with van der Waals surface area (Å²) in [5.74, 6) is -0.175. The molecular weight excluding hydrogens is 435 g/mol. The standard InChI is InChI=1S/C22H21FN4O4S/c23-17-5-1-2-6-18(17)26-14-13-21(25-26)24-22(28)15-9-11-16(12-10-15)27-19-7-3-4-8-20(19)31-32(27,29)30/h1-8,13-16H,9-12H2,(H,24,25,28). The molecule has 0 bridgehead atoms. The van der Waals surface area contributed by atoms with Crippen LogP contribution in [-0.4, -0.2) is 30.1 Å². The third-order valence-corrected chi connectivity index (χ3v) is 7.24. The zero-order valence-corrected chi connectivity index (χ0v) is 17.8. The number of fused-ring (bicyclic) bond motifs is 1. The van der Waals surface area contributed by atoms with E-state index in [4.69, 9.17) is 4.18 Å². The molecule has 3 aromatic rings. The number of para-hydroxylation sites is 3. The van der Waals surface area contributed by atoms with Crippen LogP contribution in [0.1, 0.15) is 25.7 Å². The monoisotopic (exact) mass is 456 g/mol. The highest BCUT2D eigenvalue weighted by Gasteiger charge is 2.42. The second kappa shape index (κ2) is 7.94. The average Bonchev–Trinajstić information content (AvgIpc) is 3.34. The summed E-state index contributed by atoms with van der Waals surface area (Å²) in [6.07, 6.45) is 3.75. The van der Waals surface area contributed by atoms with Crippen LogP contribution in [0.4, 0.5) is 15.9 Å². The van der Waals surface area contributed by atoms with E-state index in [0.717, 1.165) is 0 Å². The van der Waals surface area contributed by atoms with Crippen molar-refractivity contribution < 1.29 is 21.8 Å². The predicted molar refractivity (Wildman–Crippen MR) is 116 cm³/mol. The molecule has 10 heteroatoms. The molecule has 2 heterocycles. The van der Waals surface area contributed by atoms with Crippen LogP contribution in [0.3, 0.4) is 0 Å². The van der Waals surface area contributed by atoms with Gasteiger partial charge in [0.2, 0.25) is 5.91 Å². The number of amides is 1. The number of nitrogens with zero attached hydrogens (tertiary/aromatic N) is 3. The van der Waals surface area contributed by atoms with Crippen LogP contribution in [0.15, 0.2) is 60.8 Å². The van der Waals surface area contributed by atoms with E-state index in [-0.39, 0.29) is 17.9 Å². The third kappa shape index (κ3) is 3.70. The van der Waals surface area contributed by atoms with Gasteiger partial charge in [-0.15, -0.1) is 5.10 Å². The van der Waals surface area contributed by atoms with Crippen molar-refractivity contribution in [3.8, 4) is 11.4 Å². The minimum absolute atomic E-state index is 0.178. The van der Waals surface area contributed by atoms with Crippen LogP contribution in [-0.2, 0) is 15.1 Å². The first-order valence-corrected chi connectivity index (χ1v) is 11.7. The lowest BCUT2D eigenvalue weighted by Crippen LogP contribution is -2.42. The molecule has 8 nitrogen and oxygen atoms in total. The zero-order chi connectivity index (χ0) is 22.3. The maximum absolute atomic E-state index is 13.9. The summed E-state index contributed by atoms with van der Waals surface area (Å²) in [5.41, 5.74) is 0.835. The fourth-order valence-corrected chi connectivity index (χ4v) is 5.74. The summed E-state index contributed by atoms with van der Waals surface area (Å²) in [4.78, 5) is 12.7. The van der Waals surface area contributed by atoms with Gasteiger partial charge in [0.15, 0.2) is 11.6 Å². The molecule has 32 heavy (non-hydrogen) atoms. The molecule has 5 rings (SSSR count). The number of nitrogens with one attached hydrogen (secondary N) is 1. The Bertz CT molecular complexity index is 1270. The van der Waals surface area contributed by atoms with E-state index in [0.29, 0.717) is 48.6 Å². The fourth-order valence-electron chi connectivity index (χ4n) is 4.33. The number of carbonyl (C=O) groups is 1. The Balaban J connectivity index is 1.23. The Morgan fingerprint density at radius 2 is 1.69 bits per heavy atom. The van der Waals surface area contributed by atoms with Gasteiger partial charge in [0.05, 0.1) is 5.69 Å². The quantitative estimate of drug-likeness (QED) is 0.647. The zero-order valence-electron chi connectivity index (χ0n) is 17.0. The average molecular weight is 456 g/mol. The summed E-state index contributed by atoms with van der Waals surface area (Å²) in [5, 5.41) is 7.03. The highest BCUT2D eigenvalue weighted by molar-refractivity contribution is 7.89. The van der Waals surface area contributed by atoms with Gasteiger partial charge in [-0.2, -0.15) is 8.42 Å². The van der Waals surface area contributed by atoms with Crippen LogP contribution in [0, 0.1) is 11.7 Å². The lowest BCUT2D eigenvalue weighted by Gasteiger charge is -2.32. The Kier molecular flexibility index (Phi) is 5.09. The molecule has 0 saturated heterocycles. The van der Waals surface area contributed by atoms with Crippen molar-refractivity contribution in [3.05, 3.63) is 66.6 Å². The van der Waals surface area contributed by atoms with Gasteiger partial charge in [-0.1, -0.05) is 24.3 Å². The Morgan fingerprint density at radius 1 is 1.00 bits per heavy atom. The lowest BCUT2D eigenvalue weighted by atomic mass is 9.85. The second-order valence-electron chi connectivity index (χ2n) is 7.90. The predicted octanol–water partition coefficient (Wildman–Crippen LogP) is 3.65. The molecule has 1 fully saturated rings. The number of anilines is 2. The molecule has 1 amide bonds. The van der Waals surface area contributed by atoms with E-state index < -0.39 is 16.1 Å². The van der Waals surface area contributed by atoms with Gasteiger partial charge in [-0.3, -0.25) is 4.79 Å². The molecule has 0 unspecified atom stereocenters. The lowest BCUT2D eigenvalue weighted by molar-refractivity contribution is -0.120. The van der Waals surface area contributed by atoms with Gasteiger partial charge < -0.3 is 9.50 Å². The topological polar surface area (TPSA) is 93.5 Å². The number of hydrogen-bond donors (Lipinski definition) is 1. The van der Waals surface area contributed by atoms with Crippen LogP contribution in [0.5, 0.6) is 5.75 Å². The normalized spacial score (nSPS) is 21.6. The molecule has 166 valence electrons. The number of aromatic nitrogens is 2. The number of rotatable bonds is 4. The second-order valence-corrected chi connectivity index (χ2v) is 9.31. The van der Waals surface area contributed by atoms with Crippen LogP contribution < -0.4 is 13.8 Å². The molecule has 1 N–H and O–H groups in total. The van der Waals surface area contributed by atoms with E-state index in [1.54, 1.807) is 54.7 Å². The first-order valence-electron chi connectivity index (χ1n) is 10.4. The first-order chi connectivity index (χ1) is 15.4. The summed E-state index contributed by atoms with van der Waals surface area (Å²) in [6.45, 7) is 0. The van der Waals surface area contributed by atoms with Crippen molar-refractivity contribution in [1.82, 2.24) is 9.78 Å². The van der Waals surface area contributed by atoms with E-state index in [1.165, 1.54) is 15.1 Å². The Labute approximate surface area is 184 Å². The van der Waals surface area contributed by atoms with Gasteiger partial charge in [-0.25, -0.2) is 13.4 Å². The van der Waals surface area contributed by atoms with Gasteiger partial charge in [-0.05, 0) is 49.9 Å². The largest absolute Gasteiger partial charge is 0.410 e. The van der Waals surface area contributed by atoms with Gasteiger partial charge >= 0.3 is 10.3 Å². The molecule has 0 spiro atoms. The van der Waals surface area contributed by atoms with E-state index in [2.05, 4.69) is 10.4 Å². The molecule has 2 aromatic carbocycles. The van der Waals surface area contributed by atoms with Crippen molar-refractivity contribution in [1.29, 1.82) is 0 Å². The smallest absolute Gasteiger partial charge is 0.364 e. The molecule has 0 radical (unpaired) electrons. The summed E-state index contributed by atoms with van der Waals surface area (Å²) >= 11 is 0. The van der Waals surface area contributed by atoms with Crippen LogP contribution in [0.25, 0.3) is 5.69 Å². The molecule has 1 saturated carbocycles. The highest BCUT2D eigenvalue weighted by Crippen LogP contribution is 2.42. The van der Waals surface area contributed by atoms with Crippen LogP contribution in [0.2, 0.25) is 0 Å². The number of halogens is 1. The van der Waals surface area contributed by atoms with Gasteiger partial charge in [0, 0.05) is 24.2 Å². The van der Waals surface area contributed by atoms with Crippen molar-refractivity contribution in [2.45, 2.75) is 31.7 Å². The maximum atomic E-state index is 13.9. The van der Waals surface area contributed by atoms with E-state index in [9.17, 15) is 17.6 Å². The number of hydrogen-bond acceptors (Lipinski definition) is 5. The fraction of sp³-hybridized carbons (Fsp3) is 0.273. The van der Waals surface area contributed by atoms with Crippen molar-refractivity contribution in [2.24, 2.45) is 5.92 Å². The number of benzene rings is 2. The van der Waals surface area contributed by atoms with Crippen molar-refractivity contribution in [3.63, 3.8) is 0 Å². The minimum Gasteiger partial charge on any atom is -0.364 e. The molecular formula is C22H21FN4O4S. The van der Waals surface area contributed by atoms with Crippen molar-refractivity contribution in [2.75, 3.05) is 9.62 Å².